The summed E-state index contributed by atoms with van der Waals surface area (Å²) in [6.45, 7) is 0. The maximum absolute atomic E-state index is 11.9. The van der Waals surface area contributed by atoms with Gasteiger partial charge >= 0.3 is 5.97 Å². The van der Waals surface area contributed by atoms with Crippen molar-refractivity contribution in [1.29, 1.82) is 0 Å². The van der Waals surface area contributed by atoms with Crippen LogP contribution in [-0.2, 0) is 16.6 Å². The average Bonchev–Trinajstić information content (AvgIpc) is 2.82. The number of carboxylic acid groups (broad SMARTS) is 1. The summed E-state index contributed by atoms with van der Waals surface area (Å²) in [6, 6.07) is 6.09. The molecule has 0 aliphatic heterocycles. The molecule has 1 aromatic carbocycles. The lowest BCUT2D eigenvalue weighted by Crippen LogP contribution is -1.98. The molecule has 1 aromatic heterocycles. The van der Waals surface area contributed by atoms with Gasteiger partial charge in [-0.3, -0.25) is 9.19 Å². The number of aromatic nitrogens is 1. The van der Waals surface area contributed by atoms with Crippen LogP contribution in [-0.4, -0.2) is 20.3 Å². The predicted molar refractivity (Wildman–Crippen MR) is 65.6 cm³/mol. The lowest BCUT2D eigenvalue weighted by Gasteiger charge is -2.01. The van der Waals surface area contributed by atoms with E-state index in [0.717, 1.165) is 4.88 Å². The van der Waals surface area contributed by atoms with Crippen LogP contribution in [0.1, 0.15) is 15.2 Å². The molecule has 0 radical (unpaired) electrons. The van der Waals surface area contributed by atoms with Gasteiger partial charge in [0.25, 0.3) is 0 Å². The van der Waals surface area contributed by atoms with Gasteiger partial charge < -0.3 is 5.11 Å². The lowest BCUT2D eigenvalue weighted by molar-refractivity contribution is 0.0697. The quantitative estimate of drug-likeness (QED) is 0.921. The number of hydrogen-bond acceptors (Lipinski definition) is 4. The number of carbonyl (C=O) groups is 1. The minimum absolute atomic E-state index is 0.198. The Morgan fingerprint density at radius 1 is 1.35 bits per heavy atom. The van der Waals surface area contributed by atoms with Gasteiger partial charge in [-0.25, -0.2) is 4.79 Å². The topological polar surface area (TPSA) is 67.3 Å². The van der Waals surface area contributed by atoms with Crippen LogP contribution >= 0.6 is 11.3 Å². The normalized spacial score (nSPS) is 12.2. The van der Waals surface area contributed by atoms with Crippen molar-refractivity contribution in [3.05, 3.63) is 46.4 Å². The molecule has 88 valence electrons. The standard InChI is InChI=1S/C11H9NO3S2/c13-11(14)8-1-3-10(4-2-8)17(15)6-9-5-12-7-16-9/h1-5,7H,6H2,(H,13,14). The lowest BCUT2D eigenvalue weighted by atomic mass is 10.2. The number of rotatable bonds is 4. The third-order valence-electron chi connectivity index (χ3n) is 2.12. The minimum atomic E-state index is -1.16. The second-order valence-electron chi connectivity index (χ2n) is 3.29. The Bertz CT molecular complexity index is 534. The molecule has 17 heavy (non-hydrogen) atoms. The first-order valence-electron chi connectivity index (χ1n) is 4.76. The Hall–Kier alpha value is -1.53. The zero-order valence-electron chi connectivity index (χ0n) is 8.70. The van der Waals surface area contributed by atoms with E-state index in [-0.39, 0.29) is 5.56 Å². The highest BCUT2D eigenvalue weighted by molar-refractivity contribution is 7.84. The smallest absolute Gasteiger partial charge is 0.335 e. The molecule has 1 N–H and O–H groups in total. The first kappa shape index (κ1) is 11.9. The van der Waals surface area contributed by atoms with E-state index in [1.165, 1.54) is 23.5 Å². The first-order chi connectivity index (χ1) is 8.16. The zero-order valence-corrected chi connectivity index (χ0v) is 10.3. The fourth-order valence-electron chi connectivity index (χ4n) is 1.28. The fourth-order valence-corrected chi connectivity index (χ4v) is 3.19. The molecule has 0 aliphatic carbocycles. The molecule has 2 rings (SSSR count). The average molecular weight is 267 g/mol. The summed E-state index contributed by atoms with van der Waals surface area (Å²) in [5, 5.41) is 8.74. The van der Waals surface area contributed by atoms with Gasteiger partial charge in [0.05, 0.1) is 27.6 Å². The second kappa shape index (κ2) is 5.20. The number of carboxylic acids is 1. The van der Waals surface area contributed by atoms with Crippen LogP contribution in [0.15, 0.2) is 40.9 Å². The van der Waals surface area contributed by atoms with Gasteiger partial charge in [0.2, 0.25) is 0 Å². The van der Waals surface area contributed by atoms with Crippen LogP contribution in [0.4, 0.5) is 0 Å². The molecule has 6 heteroatoms. The molecule has 0 aliphatic rings. The van der Waals surface area contributed by atoms with Crippen LogP contribution in [0.25, 0.3) is 0 Å². The van der Waals surface area contributed by atoms with E-state index >= 15 is 0 Å². The van der Waals surface area contributed by atoms with Crippen LogP contribution < -0.4 is 0 Å². The van der Waals surface area contributed by atoms with Gasteiger partial charge in [0.1, 0.15) is 0 Å². The number of hydrogen-bond donors (Lipinski definition) is 1. The predicted octanol–water partition coefficient (Wildman–Crippen LogP) is 2.15. The van der Waals surface area contributed by atoms with E-state index in [4.69, 9.17) is 5.11 Å². The summed E-state index contributed by atoms with van der Waals surface area (Å²) in [6.07, 6.45) is 1.69. The Morgan fingerprint density at radius 2 is 2.06 bits per heavy atom. The van der Waals surface area contributed by atoms with Gasteiger partial charge in [0.15, 0.2) is 0 Å². The third kappa shape index (κ3) is 2.98. The largest absolute Gasteiger partial charge is 0.478 e. The Balaban J connectivity index is 2.12. The van der Waals surface area contributed by atoms with Crippen molar-refractivity contribution in [2.75, 3.05) is 0 Å². The summed E-state index contributed by atoms with van der Waals surface area (Å²) in [5.74, 6) is -0.568. The summed E-state index contributed by atoms with van der Waals surface area (Å²) in [7, 11) is -1.16. The molecule has 0 fully saturated rings. The number of thiazole rings is 1. The molecule has 4 nitrogen and oxygen atoms in total. The van der Waals surface area contributed by atoms with E-state index in [1.807, 2.05) is 0 Å². The fraction of sp³-hybridized carbons (Fsp3) is 0.0909. The highest BCUT2D eigenvalue weighted by Gasteiger charge is 2.08. The molecular formula is C11H9NO3S2. The van der Waals surface area contributed by atoms with Crippen molar-refractivity contribution in [3.63, 3.8) is 0 Å². The van der Waals surface area contributed by atoms with E-state index in [2.05, 4.69) is 4.98 Å². The summed E-state index contributed by atoms with van der Waals surface area (Å²) in [4.78, 5) is 16.1. The van der Waals surface area contributed by atoms with Crippen molar-refractivity contribution in [2.24, 2.45) is 0 Å². The molecule has 1 atom stereocenters. The highest BCUT2D eigenvalue weighted by Crippen LogP contribution is 2.15. The summed E-state index contributed by atoms with van der Waals surface area (Å²) in [5.41, 5.74) is 1.89. The van der Waals surface area contributed by atoms with Crippen LogP contribution in [0.3, 0.4) is 0 Å². The van der Waals surface area contributed by atoms with Crippen LogP contribution in [0.5, 0.6) is 0 Å². The van der Waals surface area contributed by atoms with E-state index in [0.29, 0.717) is 10.6 Å². The third-order valence-corrected chi connectivity index (χ3v) is 4.45. The second-order valence-corrected chi connectivity index (χ2v) is 5.71. The molecule has 1 heterocycles. The Labute approximate surface area is 104 Å². The molecule has 0 saturated heterocycles. The monoisotopic (exact) mass is 267 g/mol. The molecule has 0 saturated carbocycles. The maximum Gasteiger partial charge on any atom is 0.335 e. The van der Waals surface area contributed by atoms with Crippen LogP contribution in [0.2, 0.25) is 0 Å². The van der Waals surface area contributed by atoms with Gasteiger partial charge in [-0.1, -0.05) is 0 Å². The molecular weight excluding hydrogens is 258 g/mol. The van der Waals surface area contributed by atoms with Gasteiger partial charge in [-0.2, -0.15) is 0 Å². The van der Waals surface area contributed by atoms with Crippen LogP contribution in [0, 0.1) is 0 Å². The SMILES string of the molecule is O=C(O)c1ccc(S(=O)Cc2cncs2)cc1. The Kier molecular flexibility index (Phi) is 3.65. The minimum Gasteiger partial charge on any atom is -0.478 e. The Morgan fingerprint density at radius 3 is 2.59 bits per heavy atom. The highest BCUT2D eigenvalue weighted by atomic mass is 32.2. The maximum atomic E-state index is 11.9. The molecule has 1 unspecified atom stereocenters. The molecule has 2 aromatic rings. The molecule has 0 amide bonds. The van der Waals surface area contributed by atoms with Gasteiger partial charge in [0, 0.05) is 16.0 Å². The van der Waals surface area contributed by atoms with Gasteiger partial charge in [-0.05, 0) is 24.3 Å². The molecule has 0 spiro atoms. The molecule has 0 bridgehead atoms. The first-order valence-corrected chi connectivity index (χ1v) is 6.96. The van der Waals surface area contributed by atoms with Crippen molar-refractivity contribution < 1.29 is 14.1 Å². The van der Waals surface area contributed by atoms with Crippen molar-refractivity contribution in [2.45, 2.75) is 10.6 Å². The zero-order chi connectivity index (χ0) is 12.3. The van der Waals surface area contributed by atoms with E-state index in [9.17, 15) is 9.00 Å². The number of nitrogens with zero attached hydrogens (tertiary/aromatic N) is 1. The van der Waals surface area contributed by atoms with Gasteiger partial charge in [-0.15, -0.1) is 11.3 Å². The number of aromatic carboxylic acids is 1. The summed E-state index contributed by atoms with van der Waals surface area (Å²) >= 11 is 1.46. The van der Waals surface area contributed by atoms with Crippen molar-refractivity contribution >= 4 is 28.1 Å². The number of benzene rings is 1. The van der Waals surface area contributed by atoms with E-state index < -0.39 is 16.8 Å². The van der Waals surface area contributed by atoms with Crippen molar-refractivity contribution in [3.8, 4) is 0 Å². The van der Waals surface area contributed by atoms with E-state index in [1.54, 1.807) is 23.8 Å². The summed E-state index contributed by atoms with van der Waals surface area (Å²) < 4.78 is 11.9. The van der Waals surface area contributed by atoms with Crippen molar-refractivity contribution in [1.82, 2.24) is 4.98 Å².